The molecule has 22 heavy (non-hydrogen) atoms. The van der Waals surface area contributed by atoms with Gasteiger partial charge in [0.2, 0.25) is 0 Å². The minimum absolute atomic E-state index is 0.00625. The molecule has 0 radical (unpaired) electrons. The molecular formula is C12H16F2N6OS. The highest BCUT2D eigenvalue weighted by Gasteiger charge is 2.18. The summed E-state index contributed by atoms with van der Waals surface area (Å²) in [4.78, 5) is 15.8. The molecule has 0 aliphatic rings. The number of aromatic nitrogens is 4. The summed E-state index contributed by atoms with van der Waals surface area (Å²) in [6.07, 6.45) is 2.12. The third kappa shape index (κ3) is 4.20. The van der Waals surface area contributed by atoms with Crippen molar-refractivity contribution < 1.29 is 13.6 Å². The number of thioether (sulfide) groups is 1. The van der Waals surface area contributed by atoms with Crippen LogP contribution in [0.1, 0.15) is 12.1 Å². The zero-order valence-electron chi connectivity index (χ0n) is 12.1. The lowest BCUT2D eigenvalue weighted by atomic mass is 10.4. The molecule has 0 saturated heterocycles. The number of rotatable bonds is 6. The topological polar surface area (TPSA) is 76.8 Å². The van der Waals surface area contributed by atoms with Gasteiger partial charge >= 0.3 is 6.03 Å². The molecule has 0 aromatic carbocycles. The van der Waals surface area contributed by atoms with Gasteiger partial charge in [0, 0.05) is 45.0 Å². The molecule has 0 atom stereocenters. The number of anilines is 1. The standard InChI is InChI=1S/C12H16F2N6OS/c1-19-5-3-16-12(19)22-6-4-15-11(21)17-8-7-20(2)18-9(8)10(13)14/h3,5,7,10H,4,6H2,1-2H3,(H2,15,17,21). The van der Waals surface area contributed by atoms with Gasteiger partial charge in [0.15, 0.2) is 10.9 Å². The number of hydrogen-bond acceptors (Lipinski definition) is 4. The van der Waals surface area contributed by atoms with Crippen LogP contribution in [-0.2, 0) is 14.1 Å². The van der Waals surface area contributed by atoms with E-state index in [4.69, 9.17) is 0 Å². The van der Waals surface area contributed by atoms with E-state index in [2.05, 4.69) is 20.7 Å². The molecule has 2 heterocycles. The maximum Gasteiger partial charge on any atom is 0.319 e. The predicted octanol–water partition coefficient (Wildman–Crippen LogP) is 2.00. The van der Waals surface area contributed by atoms with Crippen molar-refractivity contribution in [3.8, 4) is 0 Å². The minimum Gasteiger partial charge on any atom is -0.337 e. The number of aryl methyl sites for hydroxylation is 2. The fraction of sp³-hybridized carbons (Fsp3) is 0.417. The number of urea groups is 1. The lowest BCUT2D eigenvalue weighted by molar-refractivity contribution is 0.146. The molecule has 2 amide bonds. The molecule has 2 aromatic rings. The lowest BCUT2D eigenvalue weighted by Gasteiger charge is -2.07. The van der Waals surface area contributed by atoms with Gasteiger partial charge in [-0.05, 0) is 0 Å². The Hall–Kier alpha value is -2.10. The van der Waals surface area contributed by atoms with Gasteiger partial charge in [-0.25, -0.2) is 18.6 Å². The summed E-state index contributed by atoms with van der Waals surface area (Å²) in [7, 11) is 3.39. The Bertz CT molecular complexity index is 641. The van der Waals surface area contributed by atoms with Crippen LogP contribution in [0.4, 0.5) is 19.3 Å². The first-order chi connectivity index (χ1) is 10.5. The summed E-state index contributed by atoms with van der Waals surface area (Å²) >= 11 is 1.49. The molecule has 0 aliphatic heterocycles. The number of hydrogen-bond donors (Lipinski definition) is 2. The van der Waals surface area contributed by atoms with Crippen LogP contribution in [0, 0.1) is 0 Å². The summed E-state index contributed by atoms with van der Waals surface area (Å²) in [6, 6.07) is -0.546. The van der Waals surface area contributed by atoms with Crippen LogP contribution in [0.2, 0.25) is 0 Å². The number of amides is 2. The van der Waals surface area contributed by atoms with Crippen molar-refractivity contribution in [3.05, 3.63) is 24.3 Å². The molecule has 0 unspecified atom stereocenters. The van der Waals surface area contributed by atoms with Crippen LogP contribution in [-0.4, -0.2) is 37.7 Å². The van der Waals surface area contributed by atoms with E-state index >= 15 is 0 Å². The van der Waals surface area contributed by atoms with E-state index in [1.807, 2.05) is 17.8 Å². The SMILES string of the molecule is Cn1cc(NC(=O)NCCSc2nccn2C)c(C(F)F)n1. The number of halogens is 2. The van der Waals surface area contributed by atoms with Crippen molar-refractivity contribution in [1.82, 2.24) is 24.6 Å². The Morgan fingerprint density at radius 2 is 2.23 bits per heavy atom. The van der Waals surface area contributed by atoms with Gasteiger partial charge in [-0.15, -0.1) is 0 Å². The fourth-order valence-corrected chi connectivity index (χ4v) is 2.51. The number of carbonyl (C=O) groups is 1. The van der Waals surface area contributed by atoms with Crippen LogP contribution in [0.3, 0.4) is 0 Å². The molecule has 2 aromatic heterocycles. The van der Waals surface area contributed by atoms with Crippen LogP contribution in [0.5, 0.6) is 0 Å². The minimum atomic E-state index is -2.74. The van der Waals surface area contributed by atoms with E-state index in [1.54, 1.807) is 6.20 Å². The van der Waals surface area contributed by atoms with E-state index in [0.29, 0.717) is 12.3 Å². The Kier molecular flexibility index (Phi) is 5.36. The Morgan fingerprint density at radius 1 is 1.45 bits per heavy atom. The first kappa shape index (κ1) is 16.3. The third-order valence-corrected chi connectivity index (χ3v) is 3.77. The Labute approximate surface area is 130 Å². The van der Waals surface area contributed by atoms with Gasteiger partial charge < -0.3 is 15.2 Å². The largest absolute Gasteiger partial charge is 0.337 e. The van der Waals surface area contributed by atoms with E-state index in [-0.39, 0.29) is 5.69 Å². The highest BCUT2D eigenvalue weighted by Crippen LogP contribution is 2.24. The van der Waals surface area contributed by atoms with Gasteiger partial charge in [-0.3, -0.25) is 4.68 Å². The average molecular weight is 330 g/mol. The predicted molar refractivity (Wildman–Crippen MR) is 79.1 cm³/mol. The number of nitrogens with one attached hydrogen (secondary N) is 2. The lowest BCUT2D eigenvalue weighted by Crippen LogP contribution is -2.30. The van der Waals surface area contributed by atoms with Crippen molar-refractivity contribution in [3.63, 3.8) is 0 Å². The summed E-state index contributed by atoms with van der Waals surface area (Å²) in [6.45, 7) is 0.383. The summed E-state index contributed by atoms with van der Waals surface area (Å²) < 4.78 is 28.6. The molecule has 0 fully saturated rings. The molecular weight excluding hydrogens is 314 g/mol. The van der Waals surface area contributed by atoms with Crippen molar-refractivity contribution in [1.29, 1.82) is 0 Å². The Morgan fingerprint density at radius 3 is 2.86 bits per heavy atom. The highest BCUT2D eigenvalue weighted by molar-refractivity contribution is 7.99. The second kappa shape index (κ2) is 7.25. The summed E-state index contributed by atoms with van der Waals surface area (Å²) in [5, 5.41) is 9.43. The maximum absolute atomic E-state index is 12.7. The molecule has 2 N–H and O–H groups in total. The molecule has 120 valence electrons. The number of imidazole rings is 1. The number of alkyl halides is 2. The van der Waals surface area contributed by atoms with E-state index in [0.717, 1.165) is 5.16 Å². The van der Waals surface area contributed by atoms with Crippen LogP contribution >= 0.6 is 11.8 Å². The van der Waals surface area contributed by atoms with E-state index in [1.165, 1.54) is 29.7 Å². The van der Waals surface area contributed by atoms with Crippen LogP contribution < -0.4 is 10.6 Å². The molecule has 0 aliphatic carbocycles. The fourth-order valence-electron chi connectivity index (χ4n) is 1.73. The highest BCUT2D eigenvalue weighted by atomic mass is 32.2. The zero-order chi connectivity index (χ0) is 16.1. The quantitative estimate of drug-likeness (QED) is 0.627. The van der Waals surface area contributed by atoms with Crippen LogP contribution in [0.15, 0.2) is 23.7 Å². The average Bonchev–Trinajstić information content (AvgIpc) is 3.01. The molecule has 2 rings (SSSR count). The van der Waals surface area contributed by atoms with Gasteiger partial charge in [0.25, 0.3) is 6.43 Å². The smallest absolute Gasteiger partial charge is 0.319 e. The van der Waals surface area contributed by atoms with Crippen molar-refractivity contribution in [2.75, 3.05) is 17.6 Å². The monoisotopic (exact) mass is 330 g/mol. The van der Waals surface area contributed by atoms with Crippen molar-refractivity contribution in [2.45, 2.75) is 11.6 Å². The first-order valence-corrected chi connectivity index (χ1v) is 7.42. The second-order valence-electron chi connectivity index (χ2n) is 4.45. The van der Waals surface area contributed by atoms with Crippen molar-refractivity contribution >= 4 is 23.5 Å². The van der Waals surface area contributed by atoms with Gasteiger partial charge in [0.05, 0.1) is 5.69 Å². The second-order valence-corrected chi connectivity index (χ2v) is 5.51. The van der Waals surface area contributed by atoms with E-state index in [9.17, 15) is 13.6 Å². The molecule has 0 spiro atoms. The molecule has 7 nitrogen and oxygen atoms in total. The van der Waals surface area contributed by atoms with Crippen LogP contribution in [0.25, 0.3) is 0 Å². The summed E-state index contributed by atoms with van der Waals surface area (Å²) in [5.41, 5.74) is -0.438. The van der Waals surface area contributed by atoms with E-state index < -0.39 is 18.2 Å². The zero-order valence-corrected chi connectivity index (χ0v) is 12.9. The Balaban J connectivity index is 1.77. The first-order valence-electron chi connectivity index (χ1n) is 6.44. The summed E-state index contributed by atoms with van der Waals surface area (Å²) in [5.74, 6) is 0.618. The van der Waals surface area contributed by atoms with Gasteiger partial charge in [0.1, 0.15) is 0 Å². The normalized spacial score (nSPS) is 11.0. The number of nitrogens with zero attached hydrogens (tertiary/aromatic N) is 4. The third-order valence-electron chi connectivity index (χ3n) is 2.71. The number of carbonyl (C=O) groups excluding carboxylic acids is 1. The molecule has 0 saturated carbocycles. The van der Waals surface area contributed by atoms with Gasteiger partial charge in [-0.2, -0.15) is 5.10 Å². The maximum atomic E-state index is 12.7. The molecule has 0 bridgehead atoms. The molecule has 10 heteroatoms. The van der Waals surface area contributed by atoms with Gasteiger partial charge in [-0.1, -0.05) is 11.8 Å². The van der Waals surface area contributed by atoms with Crippen molar-refractivity contribution in [2.24, 2.45) is 14.1 Å².